The van der Waals surface area contributed by atoms with Crippen molar-refractivity contribution in [3.63, 3.8) is 0 Å². The van der Waals surface area contributed by atoms with Crippen LogP contribution in [0.25, 0.3) is 0 Å². The van der Waals surface area contributed by atoms with Gasteiger partial charge in [-0.05, 0) is 31.0 Å². The average molecular weight is 286 g/mol. The fraction of sp³-hybridized carbons (Fsp3) is 0.375. The summed E-state index contributed by atoms with van der Waals surface area (Å²) in [6.45, 7) is 5.44. The number of amides is 1. The highest BCUT2D eigenvalue weighted by Crippen LogP contribution is 2.06. The Morgan fingerprint density at radius 3 is 2.95 bits per heavy atom. The molecule has 1 heterocycles. The minimum absolute atomic E-state index is 0.0164. The lowest BCUT2D eigenvalue weighted by atomic mass is 10.1. The Morgan fingerprint density at radius 1 is 1.38 bits per heavy atom. The number of aromatic nitrogens is 2. The van der Waals surface area contributed by atoms with E-state index in [0.29, 0.717) is 18.7 Å². The monoisotopic (exact) mass is 286 g/mol. The minimum Gasteiger partial charge on any atom is -0.350 e. The molecule has 0 saturated carbocycles. The maximum absolute atomic E-state index is 12.1. The van der Waals surface area contributed by atoms with Gasteiger partial charge in [-0.1, -0.05) is 19.1 Å². The van der Waals surface area contributed by atoms with Gasteiger partial charge < -0.3 is 15.6 Å². The highest BCUT2D eigenvalue weighted by molar-refractivity contribution is 5.94. The Hall–Kier alpha value is -2.14. The summed E-state index contributed by atoms with van der Waals surface area (Å²) in [5, 5.41) is 6.27. The summed E-state index contributed by atoms with van der Waals surface area (Å²) < 4.78 is 0. The third-order valence-electron chi connectivity index (χ3n) is 3.36. The number of carbonyl (C=O) groups is 1. The van der Waals surface area contributed by atoms with E-state index < -0.39 is 0 Å². The number of hydrogen-bond donors (Lipinski definition) is 3. The molecule has 1 atom stereocenters. The first-order chi connectivity index (χ1) is 10.2. The fourth-order valence-electron chi connectivity index (χ4n) is 1.95. The number of aromatic amines is 1. The third kappa shape index (κ3) is 4.72. The van der Waals surface area contributed by atoms with Gasteiger partial charge in [0, 0.05) is 30.5 Å². The Bertz CT molecular complexity index is 565. The Morgan fingerprint density at radius 2 is 2.24 bits per heavy atom. The van der Waals surface area contributed by atoms with Gasteiger partial charge in [0.15, 0.2) is 0 Å². The lowest BCUT2D eigenvalue weighted by Crippen LogP contribution is -2.32. The molecule has 1 aromatic carbocycles. The van der Waals surface area contributed by atoms with Crippen molar-refractivity contribution in [2.75, 3.05) is 0 Å². The molecule has 0 spiro atoms. The van der Waals surface area contributed by atoms with E-state index >= 15 is 0 Å². The van der Waals surface area contributed by atoms with Crippen LogP contribution in [0.5, 0.6) is 0 Å². The molecule has 2 rings (SSSR count). The predicted octanol–water partition coefficient (Wildman–Crippen LogP) is 2.23. The van der Waals surface area contributed by atoms with Gasteiger partial charge in [0.25, 0.3) is 5.91 Å². The summed E-state index contributed by atoms with van der Waals surface area (Å²) in [4.78, 5) is 19.3. The van der Waals surface area contributed by atoms with Gasteiger partial charge >= 0.3 is 0 Å². The Balaban J connectivity index is 1.89. The number of hydrogen-bond acceptors (Lipinski definition) is 3. The van der Waals surface area contributed by atoms with Crippen LogP contribution in [-0.2, 0) is 13.1 Å². The molecule has 0 aliphatic heterocycles. The number of benzene rings is 1. The first-order valence-corrected chi connectivity index (χ1v) is 7.27. The van der Waals surface area contributed by atoms with Gasteiger partial charge in [-0.3, -0.25) is 4.79 Å². The smallest absolute Gasteiger partial charge is 0.251 e. The zero-order valence-electron chi connectivity index (χ0n) is 12.5. The van der Waals surface area contributed by atoms with Gasteiger partial charge in [0.2, 0.25) is 0 Å². The summed E-state index contributed by atoms with van der Waals surface area (Å²) in [7, 11) is 0. The molecule has 0 aliphatic carbocycles. The van der Waals surface area contributed by atoms with Crippen LogP contribution in [0.1, 0.15) is 42.0 Å². The second-order valence-corrected chi connectivity index (χ2v) is 5.12. The first kappa shape index (κ1) is 15.3. The lowest BCUT2D eigenvalue weighted by Gasteiger charge is -2.12. The summed E-state index contributed by atoms with van der Waals surface area (Å²) in [6, 6.07) is 7.88. The maximum Gasteiger partial charge on any atom is 0.251 e. The molecule has 0 fully saturated rings. The maximum atomic E-state index is 12.1. The van der Waals surface area contributed by atoms with E-state index in [1.807, 2.05) is 31.2 Å². The van der Waals surface area contributed by atoms with Crippen LogP contribution in [0.3, 0.4) is 0 Å². The van der Waals surface area contributed by atoms with Crippen molar-refractivity contribution in [1.82, 2.24) is 20.6 Å². The standard InChI is InChI=1S/C16H22N4O/c1-3-12(2)20-16(21)14-6-4-5-13(9-14)10-17-11-15-18-7-8-19-15/h4-9,12,17H,3,10-11H2,1-2H3,(H,18,19)(H,20,21). The molecule has 112 valence electrons. The average Bonchev–Trinajstić information content (AvgIpc) is 3.00. The molecule has 1 amide bonds. The van der Waals surface area contributed by atoms with Crippen LogP contribution in [-0.4, -0.2) is 21.9 Å². The largest absolute Gasteiger partial charge is 0.350 e. The van der Waals surface area contributed by atoms with Crippen molar-refractivity contribution in [2.45, 2.75) is 39.4 Å². The second kappa shape index (κ2) is 7.59. The molecule has 1 unspecified atom stereocenters. The van der Waals surface area contributed by atoms with E-state index in [0.717, 1.165) is 17.8 Å². The Kier molecular flexibility index (Phi) is 5.51. The van der Waals surface area contributed by atoms with E-state index in [-0.39, 0.29) is 11.9 Å². The van der Waals surface area contributed by atoms with Crippen LogP contribution >= 0.6 is 0 Å². The van der Waals surface area contributed by atoms with E-state index in [2.05, 4.69) is 27.5 Å². The van der Waals surface area contributed by atoms with Crippen LogP contribution in [0.15, 0.2) is 36.7 Å². The van der Waals surface area contributed by atoms with E-state index in [1.54, 1.807) is 12.4 Å². The third-order valence-corrected chi connectivity index (χ3v) is 3.36. The first-order valence-electron chi connectivity index (χ1n) is 7.27. The summed E-state index contributed by atoms with van der Waals surface area (Å²) in [6.07, 6.45) is 4.46. The zero-order valence-corrected chi connectivity index (χ0v) is 12.5. The highest BCUT2D eigenvalue weighted by atomic mass is 16.1. The normalized spacial score (nSPS) is 12.1. The van der Waals surface area contributed by atoms with E-state index in [9.17, 15) is 4.79 Å². The molecule has 0 aliphatic rings. The quantitative estimate of drug-likeness (QED) is 0.731. The highest BCUT2D eigenvalue weighted by Gasteiger charge is 2.08. The summed E-state index contributed by atoms with van der Waals surface area (Å²) in [5.41, 5.74) is 1.78. The molecule has 0 saturated heterocycles. The topological polar surface area (TPSA) is 69.8 Å². The molecule has 0 radical (unpaired) electrons. The van der Waals surface area contributed by atoms with Crippen LogP contribution in [0.4, 0.5) is 0 Å². The number of rotatable bonds is 7. The Labute approximate surface area is 125 Å². The van der Waals surface area contributed by atoms with Gasteiger partial charge in [-0.15, -0.1) is 0 Å². The number of carbonyl (C=O) groups excluding carboxylic acids is 1. The van der Waals surface area contributed by atoms with Gasteiger partial charge in [-0.2, -0.15) is 0 Å². The molecule has 5 nitrogen and oxygen atoms in total. The van der Waals surface area contributed by atoms with Crippen molar-refractivity contribution in [1.29, 1.82) is 0 Å². The van der Waals surface area contributed by atoms with Gasteiger partial charge in [0.1, 0.15) is 5.82 Å². The van der Waals surface area contributed by atoms with Crippen molar-refractivity contribution in [3.05, 3.63) is 53.6 Å². The van der Waals surface area contributed by atoms with Crippen LogP contribution in [0, 0.1) is 0 Å². The minimum atomic E-state index is -0.0164. The molecular weight excluding hydrogens is 264 g/mol. The van der Waals surface area contributed by atoms with Crippen LogP contribution in [0.2, 0.25) is 0 Å². The van der Waals surface area contributed by atoms with Crippen molar-refractivity contribution in [2.24, 2.45) is 0 Å². The molecule has 1 aromatic heterocycles. The van der Waals surface area contributed by atoms with Gasteiger partial charge in [0.05, 0.1) is 6.54 Å². The molecule has 2 aromatic rings. The van der Waals surface area contributed by atoms with Gasteiger partial charge in [-0.25, -0.2) is 4.98 Å². The number of imidazole rings is 1. The van der Waals surface area contributed by atoms with Crippen molar-refractivity contribution in [3.8, 4) is 0 Å². The number of H-pyrrole nitrogens is 1. The number of nitrogens with zero attached hydrogens (tertiary/aromatic N) is 1. The second-order valence-electron chi connectivity index (χ2n) is 5.12. The predicted molar refractivity (Wildman–Crippen MR) is 82.8 cm³/mol. The molecule has 21 heavy (non-hydrogen) atoms. The summed E-state index contributed by atoms with van der Waals surface area (Å²) in [5.74, 6) is 0.887. The molecule has 5 heteroatoms. The lowest BCUT2D eigenvalue weighted by molar-refractivity contribution is 0.0939. The number of nitrogens with one attached hydrogen (secondary N) is 3. The molecule has 0 bridgehead atoms. The SMILES string of the molecule is CCC(C)NC(=O)c1cccc(CNCc2ncc[nH]2)c1. The van der Waals surface area contributed by atoms with Crippen LogP contribution < -0.4 is 10.6 Å². The fourth-order valence-corrected chi connectivity index (χ4v) is 1.95. The molecule has 3 N–H and O–H groups in total. The molecular formula is C16H22N4O. The zero-order chi connectivity index (χ0) is 15.1. The van der Waals surface area contributed by atoms with Crippen molar-refractivity contribution < 1.29 is 4.79 Å². The van der Waals surface area contributed by atoms with Crippen molar-refractivity contribution >= 4 is 5.91 Å². The van der Waals surface area contributed by atoms with E-state index in [1.165, 1.54) is 0 Å². The summed E-state index contributed by atoms with van der Waals surface area (Å²) >= 11 is 0. The van der Waals surface area contributed by atoms with E-state index in [4.69, 9.17) is 0 Å².